The molecule has 4 N–H and O–H groups in total. The van der Waals surface area contributed by atoms with Crippen LogP contribution in [0.15, 0.2) is 42.5 Å². The molecule has 2 aliphatic heterocycles. The van der Waals surface area contributed by atoms with Crippen LogP contribution in [0.25, 0.3) is 0 Å². The van der Waals surface area contributed by atoms with Gasteiger partial charge in [-0.25, -0.2) is 4.79 Å². The van der Waals surface area contributed by atoms with E-state index in [4.69, 9.17) is 15.2 Å². The molecule has 1 fully saturated rings. The lowest BCUT2D eigenvalue weighted by atomic mass is 9.91. The van der Waals surface area contributed by atoms with Crippen LogP contribution in [0.1, 0.15) is 23.9 Å². The first kappa shape index (κ1) is 21.4. The van der Waals surface area contributed by atoms with Crippen molar-refractivity contribution in [2.75, 3.05) is 24.3 Å². The Morgan fingerprint density at radius 3 is 2.65 bits per heavy atom. The number of carbonyl (C=O) groups excluding carboxylic acids is 2. The number of imide groups is 1. The Morgan fingerprint density at radius 1 is 1.09 bits per heavy atom. The van der Waals surface area contributed by atoms with E-state index in [1.165, 1.54) is 0 Å². The highest BCUT2D eigenvalue weighted by molar-refractivity contribution is 6.07. The number of anilines is 3. The van der Waals surface area contributed by atoms with Crippen molar-refractivity contribution in [3.8, 4) is 11.5 Å². The molecule has 1 aromatic heterocycles. The van der Waals surface area contributed by atoms with E-state index in [-0.39, 0.29) is 24.3 Å². The number of rotatable bonds is 5. The molecule has 2 aliphatic rings. The molecule has 3 heterocycles. The summed E-state index contributed by atoms with van der Waals surface area (Å²) in [6.45, 7) is 4.30. The summed E-state index contributed by atoms with van der Waals surface area (Å²) >= 11 is 0. The SMILES string of the molecule is Cc1ccccc1Nc1nc(N)nc(CN2C(=O)N[C@](C)(c3ccc4c(c3)OCCO4)C2=O)n1. The molecule has 0 spiro atoms. The highest BCUT2D eigenvalue weighted by atomic mass is 16.6. The molecule has 0 aliphatic carbocycles. The Hall–Kier alpha value is -4.41. The molecule has 0 bridgehead atoms. The van der Waals surface area contributed by atoms with Gasteiger partial charge in [0.15, 0.2) is 17.3 Å². The number of ether oxygens (including phenoxy) is 2. The van der Waals surface area contributed by atoms with Gasteiger partial charge in [-0.2, -0.15) is 15.0 Å². The molecule has 1 saturated heterocycles. The summed E-state index contributed by atoms with van der Waals surface area (Å²) in [6.07, 6.45) is 0. The second-order valence-electron chi connectivity index (χ2n) is 8.18. The zero-order valence-corrected chi connectivity index (χ0v) is 18.7. The number of hydrogen-bond acceptors (Lipinski definition) is 9. The van der Waals surface area contributed by atoms with Gasteiger partial charge in [-0.3, -0.25) is 9.69 Å². The number of nitrogens with zero attached hydrogens (tertiary/aromatic N) is 4. The first-order valence-electron chi connectivity index (χ1n) is 10.7. The third-order valence-corrected chi connectivity index (χ3v) is 5.78. The summed E-state index contributed by atoms with van der Waals surface area (Å²) in [6, 6.07) is 12.2. The zero-order chi connectivity index (χ0) is 23.9. The minimum absolute atomic E-state index is 0.0252. The summed E-state index contributed by atoms with van der Waals surface area (Å²) < 4.78 is 11.2. The maximum Gasteiger partial charge on any atom is 0.325 e. The number of carbonyl (C=O) groups is 2. The van der Waals surface area contributed by atoms with Crippen molar-refractivity contribution in [1.82, 2.24) is 25.2 Å². The van der Waals surface area contributed by atoms with E-state index in [2.05, 4.69) is 25.6 Å². The van der Waals surface area contributed by atoms with E-state index in [1.54, 1.807) is 25.1 Å². The standard InChI is InChI=1S/C23H23N7O4/c1-13-5-3-4-6-15(13)25-21-27-18(26-20(24)28-21)12-30-19(31)23(2,29-22(30)32)14-7-8-16-17(11-14)34-10-9-33-16/h3-8,11H,9-10,12H2,1-2H3,(H,29,32)(H3,24,25,26,27,28)/t23-/m1/s1. The smallest absolute Gasteiger partial charge is 0.325 e. The van der Waals surface area contributed by atoms with Crippen LogP contribution in [-0.4, -0.2) is 45.0 Å². The van der Waals surface area contributed by atoms with E-state index in [9.17, 15) is 9.59 Å². The number of amides is 3. The van der Waals surface area contributed by atoms with Crippen LogP contribution in [0, 0.1) is 6.92 Å². The number of nitrogens with one attached hydrogen (secondary N) is 2. The van der Waals surface area contributed by atoms with Crippen molar-refractivity contribution in [1.29, 1.82) is 0 Å². The molecule has 11 nitrogen and oxygen atoms in total. The predicted molar refractivity (Wildman–Crippen MR) is 123 cm³/mol. The van der Waals surface area contributed by atoms with Gasteiger partial charge < -0.3 is 25.8 Å². The highest BCUT2D eigenvalue weighted by Crippen LogP contribution is 2.37. The maximum absolute atomic E-state index is 13.4. The van der Waals surface area contributed by atoms with E-state index in [0.717, 1.165) is 16.2 Å². The fraction of sp³-hybridized carbons (Fsp3) is 0.261. The predicted octanol–water partition coefficient (Wildman–Crippen LogP) is 2.24. The summed E-state index contributed by atoms with van der Waals surface area (Å²) in [4.78, 5) is 39.8. The molecule has 0 unspecified atom stereocenters. The minimum atomic E-state index is -1.28. The van der Waals surface area contributed by atoms with Crippen molar-refractivity contribution >= 4 is 29.5 Å². The van der Waals surface area contributed by atoms with Crippen molar-refractivity contribution in [2.45, 2.75) is 25.9 Å². The molecule has 2 aromatic carbocycles. The van der Waals surface area contributed by atoms with E-state index in [1.807, 2.05) is 31.2 Å². The zero-order valence-electron chi connectivity index (χ0n) is 18.7. The van der Waals surface area contributed by atoms with Gasteiger partial charge in [0, 0.05) is 5.69 Å². The summed E-state index contributed by atoms with van der Waals surface area (Å²) in [7, 11) is 0. The Bertz CT molecular complexity index is 1300. The van der Waals surface area contributed by atoms with Gasteiger partial charge in [-0.05, 0) is 43.2 Å². The van der Waals surface area contributed by atoms with Gasteiger partial charge >= 0.3 is 6.03 Å². The molecule has 11 heteroatoms. The van der Waals surface area contributed by atoms with Gasteiger partial charge in [-0.1, -0.05) is 24.3 Å². The van der Waals surface area contributed by atoms with E-state index < -0.39 is 17.5 Å². The first-order chi connectivity index (χ1) is 16.3. The molecule has 3 amide bonds. The van der Waals surface area contributed by atoms with Crippen LogP contribution in [0.3, 0.4) is 0 Å². The van der Waals surface area contributed by atoms with Crippen molar-refractivity contribution in [2.24, 2.45) is 0 Å². The van der Waals surface area contributed by atoms with Crippen molar-refractivity contribution < 1.29 is 19.1 Å². The largest absolute Gasteiger partial charge is 0.486 e. The highest BCUT2D eigenvalue weighted by Gasteiger charge is 2.49. The summed E-state index contributed by atoms with van der Waals surface area (Å²) in [5, 5.41) is 5.87. The van der Waals surface area contributed by atoms with Crippen LogP contribution < -0.4 is 25.8 Å². The van der Waals surface area contributed by atoms with Gasteiger partial charge in [0.2, 0.25) is 11.9 Å². The number of fused-ring (bicyclic) bond motifs is 1. The van der Waals surface area contributed by atoms with E-state index >= 15 is 0 Å². The number of aromatic nitrogens is 3. The third-order valence-electron chi connectivity index (χ3n) is 5.78. The lowest BCUT2D eigenvalue weighted by molar-refractivity contribution is -0.131. The van der Waals surface area contributed by atoms with E-state index in [0.29, 0.717) is 30.3 Å². The fourth-order valence-electron chi connectivity index (χ4n) is 3.93. The second-order valence-corrected chi connectivity index (χ2v) is 8.18. The average molecular weight is 461 g/mol. The average Bonchev–Trinajstić information content (AvgIpc) is 3.04. The van der Waals surface area contributed by atoms with Crippen LogP contribution in [0.2, 0.25) is 0 Å². The van der Waals surface area contributed by atoms with Gasteiger partial charge in [0.25, 0.3) is 5.91 Å². The number of aryl methyl sites for hydroxylation is 1. The van der Waals surface area contributed by atoms with Gasteiger partial charge in [0.1, 0.15) is 18.8 Å². The number of nitrogens with two attached hydrogens (primary N) is 1. The number of hydrogen-bond donors (Lipinski definition) is 3. The molecule has 0 saturated carbocycles. The molecular weight excluding hydrogens is 438 g/mol. The quantitative estimate of drug-likeness (QED) is 0.487. The normalized spacial score (nSPS) is 19.2. The molecule has 5 rings (SSSR count). The van der Waals surface area contributed by atoms with Gasteiger partial charge in [-0.15, -0.1) is 0 Å². The van der Waals surface area contributed by atoms with Gasteiger partial charge in [0.05, 0.1) is 6.54 Å². The molecule has 0 radical (unpaired) electrons. The number of nitrogen functional groups attached to an aromatic ring is 1. The Balaban J connectivity index is 1.39. The minimum Gasteiger partial charge on any atom is -0.486 e. The molecular formula is C23H23N7O4. The number of urea groups is 1. The fourth-order valence-corrected chi connectivity index (χ4v) is 3.93. The monoisotopic (exact) mass is 461 g/mol. The third kappa shape index (κ3) is 3.81. The van der Waals surface area contributed by atoms with Crippen LogP contribution in [-0.2, 0) is 16.9 Å². The van der Waals surface area contributed by atoms with Crippen molar-refractivity contribution in [3.05, 3.63) is 59.4 Å². The molecule has 3 aromatic rings. The molecule has 1 atom stereocenters. The summed E-state index contributed by atoms with van der Waals surface area (Å²) in [5.41, 5.74) is 6.96. The first-order valence-corrected chi connectivity index (χ1v) is 10.7. The Kier molecular flexibility index (Phi) is 5.16. The Labute approximate surface area is 195 Å². The van der Waals surface area contributed by atoms with Crippen LogP contribution in [0.5, 0.6) is 11.5 Å². The lowest BCUT2D eigenvalue weighted by Crippen LogP contribution is -2.41. The number of para-hydroxylation sites is 1. The molecule has 174 valence electrons. The molecule has 34 heavy (non-hydrogen) atoms. The summed E-state index contributed by atoms with van der Waals surface area (Å²) in [5.74, 6) is 1.06. The lowest BCUT2D eigenvalue weighted by Gasteiger charge is -2.25. The topological polar surface area (TPSA) is 145 Å². The van der Waals surface area contributed by atoms with Crippen molar-refractivity contribution in [3.63, 3.8) is 0 Å². The Morgan fingerprint density at radius 2 is 1.85 bits per heavy atom. The number of benzene rings is 2. The van der Waals surface area contributed by atoms with Crippen LogP contribution >= 0.6 is 0 Å². The maximum atomic E-state index is 13.4. The second kappa shape index (κ2) is 8.18. The van der Waals surface area contributed by atoms with Crippen LogP contribution in [0.4, 0.5) is 22.4 Å².